The Labute approximate surface area is 240 Å². The lowest BCUT2D eigenvalue weighted by molar-refractivity contribution is -0.144. The van der Waals surface area contributed by atoms with Crippen molar-refractivity contribution in [1.82, 2.24) is 20.9 Å². The van der Waals surface area contributed by atoms with E-state index in [0.717, 1.165) is 16.5 Å². The van der Waals surface area contributed by atoms with E-state index in [1.54, 1.807) is 24.9 Å². The maximum absolute atomic E-state index is 13.6. The van der Waals surface area contributed by atoms with Crippen molar-refractivity contribution in [3.63, 3.8) is 0 Å². The molecule has 0 fully saturated rings. The standard InChI is InChI=1S/C28H44N6O5S/c1-4-17(2)24(28(38)39)34-26(36)22(11-7-8-13-29)32-27(37)23(33-25(35)20(30)12-14-40-3)15-18-16-31-21-10-6-5-9-19(18)21/h5-6,9-10,16-17,20,22-24,31H,4,7-8,11-15,29-30H2,1-3H3,(H,32,37)(H,33,35)(H,34,36)(H,38,39). The third kappa shape index (κ3) is 9.83. The highest BCUT2D eigenvalue weighted by molar-refractivity contribution is 7.98. The number of aromatic nitrogens is 1. The van der Waals surface area contributed by atoms with Gasteiger partial charge in [-0.1, -0.05) is 38.5 Å². The van der Waals surface area contributed by atoms with Crippen LogP contribution in [-0.4, -0.2) is 76.5 Å². The largest absolute Gasteiger partial charge is 0.480 e. The Hall–Kier alpha value is -3.09. The van der Waals surface area contributed by atoms with Gasteiger partial charge in [-0.15, -0.1) is 0 Å². The first-order valence-electron chi connectivity index (χ1n) is 13.8. The van der Waals surface area contributed by atoms with Gasteiger partial charge in [-0.2, -0.15) is 11.8 Å². The van der Waals surface area contributed by atoms with Gasteiger partial charge >= 0.3 is 5.97 Å². The number of para-hydroxylation sites is 1. The summed E-state index contributed by atoms with van der Waals surface area (Å²) in [5.74, 6) is -2.36. The molecule has 12 heteroatoms. The molecule has 222 valence electrons. The van der Waals surface area contributed by atoms with E-state index in [2.05, 4.69) is 20.9 Å². The summed E-state index contributed by atoms with van der Waals surface area (Å²) in [4.78, 5) is 54.8. The fraction of sp³-hybridized carbons (Fsp3) is 0.571. The number of benzene rings is 1. The number of carboxylic acids is 1. The second-order valence-electron chi connectivity index (χ2n) is 10.1. The number of nitrogens with two attached hydrogens (primary N) is 2. The van der Waals surface area contributed by atoms with Crippen LogP contribution >= 0.6 is 11.8 Å². The highest BCUT2D eigenvalue weighted by Gasteiger charge is 2.32. The zero-order valence-electron chi connectivity index (χ0n) is 23.6. The minimum absolute atomic E-state index is 0.165. The van der Waals surface area contributed by atoms with Crippen LogP contribution in [0, 0.1) is 5.92 Å². The molecule has 40 heavy (non-hydrogen) atoms. The average molecular weight is 577 g/mol. The monoisotopic (exact) mass is 576 g/mol. The second kappa shape index (κ2) is 16.9. The van der Waals surface area contributed by atoms with Crippen LogP contribution in [0.1, 0.15) is 51.5 Å². The molecule has 2 aromatic rings. The van der Waals surface area contributed by atoms with Gasteiger partial charge in [-0.05, 0) is 61.8 Å². The summed E-state index contributed by atoms with van der Waals surface area (Å²) in [6.45, 7) is 4.00. The zero-order chi connectivity index (χ0) is 29.7. The van der Waals surface area contributed by atoms with Crippen molar-refractivity contribution >= 4 is 46.4 Å². The molecule has 0 aliphatic carbocycles. The van der Waals surface area contributed by atoms with Gasteiger partial charge in [-0.3, -0.25) is 14.4 Å². The van der Waals surface area contributed by atoms with Gasteiger partial charge in [-0.25, -0.2) is 4.79 Å². The summed E-state index contributed by atoms with van der Waals surface area (Å²) >= 11 is 1.57. The number of carbonyl (C=O) groups is 4. The molecule has 3 amide bonds. The van der Waals surface area contributed by atoms with Crippen LogP contribution in [0.5, 0.6) is 0 Å². The summed E-state index contributed by atoms with van der Waals surface area (Å²) in [6, 6.07) is 3.72. The summed E-state index contributed by atoms with van der Waals surface area (Å²) in [5.41, 5.74) is 13.4. The predicted octanol–water partition coefficient (Wildman–Crippen LogP) is 1.50. The minimum Gasteiger partial charge on any atom is -0.480 e. The van der Waals surface area contributed by atoms with Crippen molar-refractivity contribution in [2.45, 2.75) is 76.5 Å². The fourth-order valence-corrected chi connectivity index (χ4v) is 4.84. The molecule has 1 aromatic carbocycles. The predicted molar refractivity (Wildman–Crippen MR) is 159 cm³/mol. The van der Waals surface area contributed by atoms with E-state index in [1.807, 2.05) is 37.4 Å². The number of aliphatic carboxylic acids is 1. The van der Waals surface area contributed by atoms with Crippen LogP contribution < -0.4 is 27.4 Å². The van der Waals surface area contributed by atoms with E-state index in [-0.39, 0.29) is 18.8 Å². The average Bonchev–Trinajstić information content (AvgIpc) is 3.35. The number of carboxylic acid groups (broad SMARTS) is 1. The Morgan fingerprint density at radius 1 is 1.00 bits per heavy atom. The quantitative estimate of drug-likeness (QED) is 0.130. The molecular formula is C28H44N6O5S. The Kier molecular flexibility index (Phi) is 14.0. The number of hydrogen-bond donors (Lipinski definition) is 7. The van der Waals surface area contributed by atoms with E-state index in [1.165, 1.54) is 0 Å². The summed E-state index contributed by atoms with van der Waals surface area (Å²) < 4.78 is 0. The normalized spacial score (nSPS) is 15.0. The zero-order valence-corrected chi connectivity index (χ0v) is 24.4. The number of fused-ring (bicyclic) bond motifs is 1. The van der Waals surface area contributed by atoms with Gasteiger partial charge in [0.1, 0.15) is 18.1 Å². The third-order valence-corrected chi connectivity index (χ3v) is 7.70. The van der Waals surface area contributed by atoms with Crippen LogP contribution in [0.25, 0.3) is 10.9 Å². The van der Waals surface area contributed by atoms with Crippen molar-refractivity contribution in [1.29, 1.82) is 0 Å². The topological polar surface area (TPSA) is 192 Å². The number of rotatable bonds is 18. The highest BCUT2D eigenvalue weighted by atomic mass is 32.2. The minimum atomic E-state index is -1.14. The fourth-order valence-electron chi connectivity index (χ4n) is 4.36. The number of carbonyl (C=O) groups excluding carboxylic acids is 3. The first kappa shape index (κ1) is 33.1. The Bertz CT molecular complexity index is 1130. The van der Waals surface area contributed by atoms with Gasteiger partial charge in [0, 0.05) is 23.5 Å². The van der Waals surface area contributed by atoms with Crippen LogP contribution in [0.4, 0.5) is 0 Å². The molecule has 0 saturated heterocycles. The SMILES string of the molecule is CCC(C)C(NC(=O)C(CCCCN)NC(=O)C(Cc1c[nH]c2ccccc12)NC(=O)C(N)CCSC)C(=O)O. The number of amides is 3. The van der Waals surface area contributed by atoms with Gasteiger partial charge in [0.25, 0.3) is 0 Å². The van der Waals surface area contributed by atoms with Gasteiger partial charge in [0.15, 0.2) is 0 Å². The molecule has 0 aliphatic heterocycles. The van der Waals surface area contributed by atoms with Gasteiger partial charge in [0.05, 0.1) is 6.04 Å². The number of H-pyrrole nitrogens is 1. The Morgan fingerprint density at radius 3 is 2.33 bits per heavy atom. The molecule has 1 heterocycles. The van der Waals surface area contributed by atoms with Crippen molar-refractivity contribution in [2.24, 2.45) is 17.4 Å². The van der Waals surface area contributed by atoms with Crippen molar-refractivity contribution in [3.05, 3.63) is 36.0 Å². The Morgan fingerprint density at radius 2 is 1.68 bits per heavy atom. The number of unbranched alkanes of at least 4 members (excludes halogenated alkanes) is 1. The van der Waals surface area contributed by atoms with Crippen LogP contribution in [0.2, 0.25) is 0 Å². The molecule has 0 bridgehead atoms. The molecular weight excluding hydrogens is 532 g/mol. The summed E-state index contributed by atoms with van der Waals surface area (Å²) in [6.07, 6.45) is 6.33. The van der Waals surface area contributed by atoms with Gasteiger partial charge in [0.2, 0.25) is 17.7 Å². The van der Waals surface area contributed by atoms with Crippen LogP contribution in [0.3, 0.4) is 0 Å². The third-order valence-electron chi connectivity index (χ3n) is 7.06. The molecule has 1 aromatic heterocycles. The van der Waals surface area contributed by atoms with Gasteiger partial charge < -0.3 is 37.5 Å². The lowest BCUT2D eigenvalue weighted by atomic mass is 9.98. The molecule has 2 rings (SSSR count). The Balaban J connectivity index is 2.30. The first-order valence-corrected chi connectivity index (χ1v) is 15.2. The van der Waals surface area contributed by atoms with Crippen LogP contribution in [0.15, 0.2) is 30.5 Å². The molecule has 0 aliphatic rings. The van der Waals surface area contributed by atoms with E-state index in [0.29, 0.717) is 38.0 Å². The molecule has 0 radical (unpaired) electrons. The molecule has 5 unspecified atom stereocenters. The lowest BCUT2D eigenvalue weighted by Gasteiger charge is -2.26. The lowest BCUT2D eigenvalue weighted by Crippen LogP contribution is -2.58. The second-order valence-corrected chi connectivity index (χ2v) is 11.1. The van der Waals surface area contributed by atoms with E-state index in [9.17, 15) is 24.3 Å². The van der Waals surface area contributed by atoms with E-state index >= 15 is 0 Å². The first-order chi connectivity index (χ1) is 19.1. The number of thioether (sulfide) groups is 1. The molecule has 9 N–H and O–H groups in total. The summed E-state index contributed by atoms with van der Waals surface area (Å²) in [5, 5.41) is 18.7. The summed E-state index contributed by atoms with van der Waals surface area (Å²) in [7, 11) is 0. The van der Waals surface area contributed by atoms with Crippen molar-refractivity contribution < 1.29 is 24.3 Å². The molecule has 0 saturated carbocycles. The maximum Gasteiger partial charge on any atom is 0.326 e. The van der Waals surface area contributed by atoms with E-state index < -0.39 is 47.9 Å². The van der Waals surface area contributed by atoms with E-state index in [4.69, 9.17) is 11.5 Å². The van der Waals surface area contributed by atoms with Crippen LogP contribution in [-0.2, 0) is 25.6 Å². The number of aromatic amines is 1. The smallest absolute Gasteiger partial charge is 0.326 e. The van der Waals surface area contributed by atoms with Crippen molar-refractivity contribution in [2.75, 3.05) is 18.6 Å². The number of nitrogens with one attached hydrogen (secondary N) is 4. The highest BCUT2D eigenvalue weighted by Crippen LogP contribution is 2.19. The molecule has 5 atom stereocenters. The number of hydrogen-bond acceptors (Lipinski definition) is 7. The molecule has 11 nitrogen and oxygen atoms in total. The molecule has 0 spiro atoms. The maximum atomic E-state index is 13.6. The van der Waals surface area contributed by atoms with Crippen molar-refractivity contribution in [3.8, 4) is 0 Å².